The molecule has 2 saturated heterocycles. The first kappa shape index (κ1) is 12.8. The zero-order valence-corrected chi connectivity index (χ0v) is 11.8. The van der Waals surface area contributed by atoms with Crippen molar-refractivity contribution in [1.82, 2.24) is 0 Å². The van der Waals surface area contributed by atoms with Gasteiger partial charge in [-0.25, -0.2) is 0 Å². The van der Waals surface area contributed by atoms with Crippen LogP contribution in [0.1, 0.15) is 19.3 Å². The van der Waals surface area contributed by atoms with Crippen molar-refractivity contribution in [3.63, 3.8) is 0 Å². The summed E-state index contributed by atoms with van der Waals surface area (Å²) in [6.45, 7) is 2.95. The predicted octanol–water partition coefficient (Wildman–Crippen LogP) is 2.88. The summed E-state index contributed by atoms with van der Waals surface area (Å²) in [5.41, 5.74) is 2.26. The third-order valence-corrected chi connectivity index (χ3v) is 4.48. The minimum atomic E-state index is 0.206. The van der Waals surface area contributed by atoms with Crippen molar-refractivity contribution >= 4 is 28.9 Å². The number of rotatable bonds is 3. The second-order valence-corrected chi connectivity index (χ2v) is 5.72. The van der Waals surface area contributed by atoms with Crippen molar-refractivity contribution in [2.45, 2.75) is 19.3 Å². The van der Waals surface area contributed by atoms with E-state index in [9.17, 15) is 4.79 Å². The van der Waals surface area contributed by atoms with Gasteiger partial charge in [0.15, 0.2) is 0 Å². The highest BCUT2D eigenvalue weighted by Crippen LogP contribution is 2.35. The number of carbonyl (C=O) groups is 1. The lowest BCUT2D eigenvalue weighted by atomic mass is 10.1. The summed E-state index contributed by atoms with van der Waals surface area (Å²) in [4.78, 5) is 16.5. The van der Waals surface area contributed by atoms with Crippen molar-refractivity contribution in [2.75, 3.05) is 35.3 Å². The van der Waals surface area contributed by atoms with Crippen molar-refractivity contribution < 1.29 is 4.79 Å². The van der Waals surface area contributed by atoms with Gasteiger partial charge in [-0.3, -0.25) is 4.79 Å². The van der Waals surface area contributed by atoms with E-state index in [0.717, 1.165) is 25.3 Å². The van der Waals surface area contributed by atoms with Gasteiger partial charge in [0.2, 0.25) is 5.91 Å². The van der Waals surface area contributed by atoms with Gasteiger partial charge in [-0.05, 0) is 30.9 Å². The minimum Gasteiger partial charge on any atom is -0.370 e. The van der Waals surface area contributed by atoms with E-state index in [1.807, 2.05) is 11.0 Å². The highest BCUT2D eigenvalue weighted by molar-refractivity contribution is 6.18. The summed E-state index contributed by atoms with van der Waals surface area (Å²) in [6, 6.07) is 8.25. The number of nitrogens with zero attached hydrogens (tertiary/aromatic N) is 2. The van der Waals surface area contributed by atoms with Crippen molar-refractivity contribution in [3.05, 3.63) is 24.3 Å². The molecule has 1 aromatic rings. The Balaban J connectivity index is 1.90. The highest BCUT2D eigenvalue weighted by Gasteiger charge is 2.32. The fourth-order valence-corrected chi connectivity index (χ4v) is 3.24. The lowest BCUT2D eigenvalue weighted by molar-refractivity contribution is -0.117. The normalized spacial score (nSPS) is 23.4. The molecular formula is C15H19ClN2O. The zero-order chi connectivity index (χ0) is 13.2. The Kier molecular flexibility index (Phi) is 3.65. The fraction of sp³-hybridized carbons (Fsp3) is 0.533. The van der Waals surface area contributed by atoms with E-state index in [0.29, 0.717) is 18.2 Å². The average molecular weight is 279 g/mol. The molecule has 0 aromatic heterocycles. The summed E-state index contributed by atoms with van der Waals surface area (Å²) < 4.78 is 0. The first-order valence-electron chi connectivity index (χ1n) is 7.00. The molecule has 0 aliphatic carbocycles. The molecule has 2 heterocycles. The maximum atomic E-state index is 12.2. The van der Waals surface area contributed by atoms with Crippen molar-refractivity contribution in [1.29, 1.82) is 0 Å². The Hall–Kier alpha value is -1.22. The smallest absolute Gasteiger partial charge is 0.227 e. The largest absolute Gasteiger partial charge is 0.370 e. The van der Waals surface area contributed by atoms with Gasteiger partial charge in [-0.15, -0.1) is 11.6 Å². The van der Waals surface area contributed by atoms with Crippen LogP contribution in [0.25, 0.3) is 0 Å². The molecule has 1 unspecified atom stereocenters. The van der Waals surface area contributed by atoms with E-state index in [1.165, 1.54) is 18.5 Å². The quantitative estimate of drug-likeness (QED) is 0.794. The molecule has 3 nitrogen and oxygen atoms in total. The van der Waals surface area contributed by atoms with E-state index in [1.54, 1.807) is 0 Å². The fourth-order valence-electron chi connectivity index (χ4n) is 3.04. The Morgan fingerprint density at radius 3 is 2.47 bits per heavy atom. The van der Waals surface area contributed by atoms with Crippen LogP contribution < -0.4 is 9.80 Å². The lowest BCUT2D eigenvalue weighted by Crippen LogP contribution is -2.28. The molecule has 4 heteroatoms. The third kappa shape index (κ3) is 2.44. The van der Waals surface area contributed by atoms with Crippen LogP contribution >= 0.6 is 11.6 Å². The summed E-state index contributed by atoms with van der Waals surface area (Å²) in [6.07, 6.45) is 3.07. The number of anilines is 2. The minimum absolute atomic E-state index is 0.206. The van der Waals surface area contributed by atoms with E-state index in [2.05, 4.69) is 23.1 Å². The number of halogens is 1. The highest BCUT2D eigenvalue weighted by atomic mass is 35.5. The molecule has 0 spiro atoms. The molecule has 2 fully saturated rings. The van der Waals surface area contributed by atoms with E-state index < -0.39 is 0 Å². The number of para-hydroxylation sites is 2. The van der Waals surface area contributed by atoms with Crippen molar-refractivity contribution in [3.8, 4) is 0 Å². The first-order chi connectivity index (χ1) is 9.29. The summed E-state index contributed by atoms with van der Waals surface area (Å²) >= 11 is 5.90. The number of amides is 1. The van der Waals surface area contributed by atoms with Gasteiger partial charge < -0.3 is 9.80 Å². The Morgan fingerprint density at radius 1 is 1.16 bits per heavy atom. The Morgan fingerprint density at radius 2 is 1.84 bits per heavy atom. The number of benzene rings is 1. The van der Waals surface area contributed by atoms with Gasteiger partial charge in [-0.2, -0.15) is 0 Å². The maximum absolute atomic E-state index is 12.2. The standard InChI is InChI=1S/C15H19ClN2O/c16-10-12-9-15(19)18(11-12)14-6-2-1-5-13(14)17-7-3-4-8-17/h1-2,5-6,12H,3-4,7-11H2. The van der Waals surface area contributed by atoms with Crippen LogP contribution in [0, 0.1) is 5.92 Å². The SMILES string of the molecule is O=C1CC(CCl)CN1c1ccccc1N1CCCC1. The monoisotopic (exact) mass is 278 g/mol. The lowest BCUT2D eigenvalue weighted by Gasteiger charge is -2.26. The number of hydrogen-bond donors (Lipinski definition) is 0. The molecule has 0 radical (unpaired) electrons. The summed E-state index contributed by atoms with van der Waals surface area (Å²) in [5, 5.41) is 0. The van der Waals surface area contributed by atoms with E-state index >= 15 is 0 Å². The third-order valence-electron chi connectivity index (χ3n) is 4.04. The number of alkyl halides is 1. The zero-order valence-electron chi connectivity index (χ0n) is 11.0. The second kappa shape index (κ2) is 5.41. The topological polar surface area (TPSA) is 23.6 Å². The molecule has 1 aromatic carbocycles. The molecule has 3 rings (SSSR count). The van der Waals surface area contributed by atoms with Crippen LogP contribution in [0.4, 0.5) is 11.4 Å². The summed E-state index contributed by atoms with van der Waals surface area (Å²) in [7, 11) is 0. The molecule has 0 N–H and O–H groups in total. The molecule has 0 bridgehead atoms. The van der Waals surface area contributed by atoms with E-state index in [4.69, 9.17) is 11.6 Å². The van der Waals surface area contributed by atoms with Gasteiger partial charge >= 0.3 is 0 Å². The molecule has 2 aliphatic heterocycles. The van der Waals surface area contributed by atoms with Crippen LogP contribution in [0.5, 0.6) is 0 Å². The molecule has 1 amide bonds. The number of hydrogen-bond acceptors (Lipinski definition) is 2. The molecule has 19 heavy (non-hydrogen) atoms. The second-order valence-electron chi connectivity index (χ2n) is 5.41. The Labute approximate surface area is 119 Å². The van der Waals surface area contributed by atoms with Crippen LogP contribution in [-0.2, 0) is 4.79 Å². The van der Waals surface area contributed by atoms with Gasteiger partial charge in [0, 0.05) is 31.9 Å². The maximum Gasteiger partial charge on any atom is 0.227 e. The van der Waals surface area contributed by atoms with Gasteiger partial charge in [0.05, 0.1) is 11.4 Å². The first-order valence-corrected chi connectivity index (χ1v) is 7.53. The van der Waals surface area contributed by atoms with Gasteiger partial charge in [0.25, 0.3) is 0 Å². The van der Waals surface area contributed by atoms with Crippen LogP contribution in [0.3, 0.4) is 0 Å². The molecule has 102 valence electrons. The number of carbonyl (C=O) groups excluding carboxylic acids is 1. The molecule has 2 aliphatic rings. The van der Waals surface area contributed by atoms with Crippen LogP contribution in [0.2, 0.25) is 0 Å². The summed E-state index contributed by atoms with van der Waals surface area (Å²) in [5.74, 6) is 1.06. The molecule has 1 atom stereocenters. The van der Waals surface area contributed by atoms with Crippen LogP contribution in [0.15, 0.2) is 24.3 Å². The van der Waals surface area contributed by atoms with Crippen LogP contribution in [-0.4, -0.2) is 31.4 Å². The van der Waals surface area contributed by atoms with Gasteiger partial charge in [0.1, 0.15) is 0 Å². The van der Waals surface area contributed by atoms with Gasteiger partial charge in [-0.1, -0.05) is 12.1 Å². The molecule has 0 saturated carbocycles. The Bertz CT molecular complexity index is 471. The van der Waals surface area contributed by atoms with Crippen molar-refractivity contribution in [2.24, 2.45) is 5.92 Å². The average Bonchev–Trinajstić information content (AvgIpc) is 3.08. The molecular weight excluding hydrogens is 260 g/mol. The predicted molar refractivity (Wildman–Crippen MR) is 79.1 cm³/mol. The van der Waals surface area contributed by atoms with E-state index in [-0.39, 0.29) is 5.91 Å².